The molecule has 33 heavy (non-hydrogen) atoms. The van der Waals surface area contributed by atoms with Gasteiger partial charge in [0.05, 0.1) is 23.9 Å². The number of ketones is 1. The third-order valence-electron chi connectivity index (χ3n) is 5.84. The Hall–Kier alpha value is -3.06. The minimum Gasteiger partial charge on any atom is -0.496 e. The SMILES string of the molecule is COc1cc(N)ccc1C(=O)N1c2ccc(Cl)cc2C(C(=O)c2ccccc2Cl)CCC1N. The highest BCUT2D eigenvalue weighted by Crippen LogP contribution is 2.41. The molecular weight excluding hydrogens is 461 g/mol. The van der Waals surface area contributed by atoms with Gasteiger partial charge in [0.1, 0.15) is 5.75 Å². The second-order valence-corrected chi connectivity index (χ2v) is 8.72. The van der Waals surface area contributed by atoms with Gasteiger partial charge in [-0.2, -0.15) is 0 Å². The summed E-state index contributed by atoms with van der Waals surface area (Å²) in [6.45, 7) is 0. The molecule has 4 rings (SSSR count). The maximum atomic E-state index is 13.7. The second-order valence-electron chi connectivity index (χ2n) is 7.88. The molecule has 1 aliphatic heterocycles. The normalized spacial score (nSPS) is 17.8. The number of benzene rings is 3. The molecule has 4 N–H and O–H groups in total. The zero-order valence-corrected chi connectivity index (χ0v) is 19.4. The Morgan fingerprint density at radius 2 is 1.76 bits per heavy atom. The Morgan fingerprint density at radius 1 is 1.00 bits per heavy atom. The first-order chi connectivity index (χ1) is 15.8. The maximum Gasteiger partial charge on any atom is 0.263 e. The number of carbonyl (C=O) groups excluding carboxylic acids is 2. The van der Waals surface area contributed by atoms with Crippen LogP contribution in [0.25, 0.3) is 0 Å². The second kappa shape index (κ2) is 9.43. The summed E-state index contributed by atoms with van der Waals surface area (Å²) in [5, 5.41) is 0.831. The molecule has 0 spiro atoms. The van der Waals surface area contributed by atoms with Crippen molar-refractivity contribution in [3.63, 3.8) is 0 Å². The monoisotopic (exact) mass is 483 g/mol. The summed E-state index contributed by atoms with van der Waals surface area (Å²) in [5.41, 5.74) is 14.7. The fourth-order valence-corrected chi connectivity index (χ4v) is 4.63. The summed E-state index contributed by atoms with van der Waals surface area (Å²) in [5.74, 6) is -0.712. The molecule has 0 fully saturated rings. The third-order valence-corrected chi connectivity index (χ3v) is 6.40. The number of ether oxygens (including phenoxy) is 1. The standard InChI is InChI=1S/C25H23Cl2N3O3/c1-33-22-13-15(28)7-8-18(22)25(32)30-21-10-6-14(26)12-19(21)16(9-11-23(30)29)24(31)17-4-2-3-5-20(17)27/h2-8,10,12-13,16,23H,9,11,28-29H2,1H3. The van der Waals surface area contributed by atoms with Gasteiger partial charge in [0, 0.05) is 33.9 Å². The minimum absolute atomic E-state index is 0.143. The summed E-state index contributed by atoms with van der Waals surface area (Å²) in [4.78, 5) is 28.7. The number of methoxy groups -OCH3 is 1. The van der Waals surface area contributed by atoms with E-state index in [1.807, 2.05) is 0 Å². The van der Waals surface area contributed by atoms with Gasteiger partial charge in [-0.25, -0.2) is 0 Å². The van der Waals surface area contributed by atoms with E-state index in [0.717, 1.165) is 0 Å². The van der Waals surface area contributed by atoms with Crippen molar-refractivity contribution < 1.29 is 14.3 Å². The first kappa shape index (κ1) is 23.1. The number of Topliss-reactive ketones (excluding diaryl/α,β-unsaturated/α-hetero) is 1. The molecule has 1 aliphatic rings. The van der Waals surface area contributed by atoms with Crippen LogP contribution in [0, 0.1) is 0 Å². The Bertz CT molecular complexity index is 1230. The molecule has 0 aliphatic carbocycles. The molecule has 1 amide bonds. The number of nitrogens with two attached hydrogens (primary N) is 2. The molecule has 8 heteroatoms. The van der Waals surface area contributed by atoms with E-state index in [-0.39, 0.29) is 11.7 Å². The van der Waals surface area contributed by atoms with Crippen LogP contribution >= 0.6 is 23.2 Å². The lowest BCUT2D eigenvalue weighted by Gasteiger charge is -2.29. The van der Waals surface area contributed by atoms with Crippen LogP contribution in [0.5, 0.6) is 5.75 Å². The molecule has 0 bridgehead atoms. The Morgan fingerprint density at radius 3 is 2.48 bits per heavy atom. The predicted molar refractivity (Wildman–Crippen MR) is 131 cm³/mol. The molecule has 0 radical (unpaired) electrons. The average Bonchev–Trinajstić information content (AvgIpc) is 2.94. The van der Waals surface area contributed by atoms with Crippen molar-refractivity contribution in [2.75, 3.05) is 17.7 Å². The van der Waals surface area contributed by atoms with E-state index in [4.69, 9.17) is 39.4 Å². The number of carbonyl (C=O) groups is 2. The lowest BCUT2D eigenvalue weighted by atomic mass is 9.86. The fourth-order valence-electron chi connectivity index (χ4n) is 4.22. The van der Waals surface area contributed by atoms with Crippen molar-refractivity contribution in [1.82, 2.24) is 0 Å². The molecule has 0 saturated heterocycles. The number of nitrogens with zero attached hydrogens (tertiary/aromatic N) is 1. The number of halogens is 2. The van der Waals surface area contributed by atoms with E-state index in [0.29, 0.717) is 56.7 Å². The molecule has 6 nitrogen and oxygen atoms in total. The van der Waals surface area contributed by atoms with Crippen LogP contribution < -0.4 is 21.1 Å². The topological polar surface area (TPSA) is 98.6 Å². The molecule has 170 valence electrons. The van der Waals surface area contributed by atoms with Crippen molar-refractivity contribution in [2.45, 2.75) is 24.9 Å². The molecule has 2 atom stereocenters. The molecule has 0 aromatic heterocycles. The summed E-state index contributed by atoms with van der Waals surface area (Å²) < 4.78 is 5.38. The van der Waals surface area contributed by atoms with Gasteiger partial charge in [-0.3, -0.25) is 14.5 Å². The van der Waals surface area contributed by atoms with E-state index >= 15 is 0 Å². The van der Waals surface area contributed by atoms with Gasteiger partial charge in [-0.05, 0) is 60.9 Å². The lowest BCUT2D eigenvalue weighted by Crippen LogP contribution is -2.46. The van der Waals surface area contributed by atoms with Crippen LogP contribution in [0.15, 0.2) is 60.7 Å². The first-order valence-electron chi connectivity index (χ1n) is 10.4. The van der Waals surface area contributed by atoms with Crippen LogP contribution in [0.4, 0.5) is 11.4 Å². The van der Waals surface area contributed by atoms with E-state index in [1.165, 1.54) is 12.0 Å². The Balaban J connectivity index is 1.83. The quantitative estimate of drug-likeness (QED) is 0.388. The average molecular weight is 484 g/mol. The van der Waals surface area contributed by atoms with Gasteiger partial charge in [-0.1, -0.05) is 35.3 Å². The number of hydrogen-bond donors (Lipinski definition) is 2. The summed E-state index contributed by atoms with van der Waals surface area (Å²) >= 11 is 12.6. The van der Waals surface area contributed by atoms with Gasteiger partial charge in [0.25, 0.3) is 5.91 Å². The van der Waals surface area contributed by atoms with Crippen LogP contribution in [-0.4, -0.2) is 25.0 Å². The molecule has 2 unspecified atom stereocenters. The zero-order chi connectivity index (χ0) is 23.7. The summed E-state index contributed by atoms with van der Waals surface area (Å²) in [6.07, 6.45) is 0.168. The number of anilines is 2. The number of fused-ring (bicyclic) bond motifs is 1. The third kappa shape index (κ3) is 4.42. The molecular formula is C25H23Cl2N3O3. The first-order valence-corrected chi connectivity index (χ1v) is 11.2. The van der Waals surface area contributed by atoms with E-state index in [9.17, 15) is 9.59 Å². The largest absolute Gasteiger partial charge is 0.496 e. The maximum absolute atomic E-state index is 13.7. The lowest BCUT2D eigenvalue weighted by molar-refractivity contribution is 0.0954. The van der Waals surface area contributed by atoms with Gasteiger partial charge in [0.15, 0.2) is 5.78 Å². The van der Waals surface area contributed by atoms with Gasteiger partial charge < -0.3 is 16.2 Å². The number of hydrogen-bond acceptors (Lipinski definition) is 5. The minimum atomic E-state index is -0.663. The van der Waals surface area contributed by atoms with Crippen LogP contribution in [-0.2, 0) is 0 Å². The highest BCUT2D eigenvalue weighted by atomic mass is 35.5. The van der Waals surface area contributed by atoms with Gasteiger partial charge >= 0.3 is 0 Å². The van der Waals surface area contributed by atoms with E-state index in [1.54, 1.807) is 60.7 Å². The van der Waals surface area contributed by atoms with Crippen molar-refractivity contribution in [3.8, 4) is 5.75 Å². The fraction of sp³-hybridized carbons (Fsp3) is 0.200. The van der Waals surface area contributed by atoms with Gasteiger partial charge in [-0.15, -0.1) is 0 Å². The number of rotatable bonds is 4. The summed E-state index contributed by atoms with van der Waals surface area (Å²) in [6, 6.07) is 16.9. The van der Waals surface area contributed by atoms with E-state index < -0.39 is 12.1 Å². The number of nitrogen functional groups attached to an aromatic ring is 1. The molecule has 1 heterocycles. The van der Waals surface area contributed by atoms with Crippen molar-refractivity contribution in [1.29, 1.82) is 0 Å². The van der Waals surface area contributed by atoms with Crippen molar-refractivity contribution in [3.05, 3.63) is 87.4 Å². The molecule has 0 saturated carbocycles. The van der Waals surface area contributed by atoms with Crippen LogP contribution in [0.1, 0.15) is 45.0 Å². The smallest absolute Gasteiger partial charge is 0.263 e. The Labute approximate surface area is 202 Å². The Kier molecular flexibility index (Phi) is 6.61. The molecule has 3 aromatic carbocycles. The summed E-state index contributed by atoms with van der Waals surface area (Å²) in [7, 11) is 1.47. The highest BCUT2D eigenvalue weighted by molar-refractivity contribution is 6.34. The van der Waals surface area contributed by atoms with Crippen molar-refractivity contribution in [2.24, 2.45) is 5.73 Å². The zero-order valence-electron chi connectivity index (χ0n) is 17.9. The van der Waals surface area contributed by atoms with Crippen molar-refractivity contribution >= 4 is 46.3 Å². The predicted octanol–water partition coefficient (Wildman–Crippen LogP) is 5.28. The highest BCUT2D eigenvalue weighted by Gasteiger charge is 2.36. The van der Waals surface area contributed by atoms with E-state index in [2.05, 4.69) is 0 Å². The van der Waals surface area contributed by atoms with Crippen LogP contribution in [0.3, 0.4) is 0 Å². The van der Waals surface area contributed by atoms with Crippen LogP contribution in [0.2, 0.25) is 10.0 Å². The van der Waals surface area contributed by atoms with Gasteiger partial charge in [0.2, 0.25) is 0 Å². The number of amides is 1. The molecule has 3 aromatic rings.